The summed E-state index contributed by atoms with van der Waals surface area (Å²) in [6.07, 6.45) is 1.30. The Morgan fingerprint density at radius 1 is 1.38 bits per heavy atom. The van der Waals surface area contributed by atoms with E-state index in [0.717, 1.165) is 0 Å². The molecule has 0 bridgehead atoms. The molecule has 2 aromatic rings. The second-order valence-electron chi connectivity index (χ2n) is 2.93. The maximum absolute atomic E-state index is 12.5. The molecule has 0 atom stereocenters. The van der Waals surface area contributed by atoms with Crippen molar-refractivity contribution in [3.8, 4) is 0 Å². The number of aromatic nitrogens is 1. The minimum absolute atomic E-state index is 0.237. The van der Waals surface area contributed by atoms with Crippen molar-refractivity contribution >= 4 is 22.9 Å². The highest BCUT2D eigenvalue weighted by Gasteiger charge is 2.04. The zero-order valence-electron chi connectivity index (χ0n) is 8.11. The van der Waals surface area contributed by atoms with Gasteiger partial charge in [0.05, 0.1) is 16.8 Å². The molecule has 2 N–H and O–H groups in total. The largest absolute Gasteiger partial charge is 0.297 e. The number of nitrogens with one attached hydrogen (secondary N) is 2. The molecule has 2 rings (SSSR count). The van der Waals surface area contributed by atoms with Crippen molar-refractivity contribution in [1.29, 1.82) is 0 Å². The number of pyridine rings is 1. The van der Waals surface area contributed by atoms with Gasteiger partial charge in [-0.2, -0.15) is 4.39 Å². The van der Waals surface area contributed by atoms with Crippen LogP contribution in [0.5, 0.6) is 0 Å². The number of halogens is 1. The molecule has 0 unspecified atom stereocenters. The molecule has 0 aromatic carbocycles. The number of hydrogen-bond acceptors (Lipinski definition) is 4. The molecule has 2 aromatic heterocycles. The Hall–Kier alpha value is -1.95. The van der Waals surface area contributed by atoms with Crippen molar-refractivity contribution in [2.45, 2.75) is 0 Å². The molecule has 82 valence electrons. The van der Waals surface area contributed by atoms with Crippen LogP contribution in [-0.2, 0) is 0 Å². The van der Waals surface area contributed by atoms with E-state index >= 15 is 0 Å². The van der Waals surface area contributed by atoms with Gasteiger partial charge >= 0.3 is 0 Å². The summed E-state index contributed by atoms with van der Waals surface area (Å²) >= 11 is 1.34. The van der Waals surface area contributed by atoms with E-state index in [-0.39, 0.29) is 5.91 Å². The Labute approximate surface area is 95.1 Å². The molecular formula is C10H8FN3OS. The topological polar surface area (TPSA) is 54.0 Å². The number of carbonyl (C=O) groups excluding carboxylic acids is 1. The van der Waals surface area contributed by atoms with Crippen LogP contribution in [0.2, 0.25) is 0 Å². The third-order valence-electron chi connectivity index (χ3n) is 1.79. The summed E-state index contributed by atoms with van der Waals surface area (Å²) in [5.74, 6) is -0.797. The SMILES string of the molecule is O=C(NNc1ccc(F)nc1)c1cccs1. The van der Waals surface area contributed by atoms with Crippen LogP contribution < -0.4 is 10.9 Å². The zero-order valence-corrected chi connectivity index (χ0v) is 8.92. The zero-order chi connectivity index (χ0) is 11.4. The summed E-state index contributed by atoms with van der Waals surface area (Å²) in [4.78, 5) is 15.5. The van der Waals surface area contributed by atoms with Gasteiger partial charge in [-0.3, -0.25) is 15.6 Å². The summed E-state index contributed by atoms with van der Waals surface area (Å²) < 4.78 is 12.5. The average Bonchev–Trinajstić information content (AvgIpc) is 2.81. The number of thiophene rings is 1. The number of amides is 1. The van der Waals surface area contributed by atoms with Crippen LogP contribution in [0.3, 0.4) is 0 Å². The van der Waals surface area contributed by atoms with E-state index in [1.54, 1.807) is 12.1 Å². The van der Waals surface area contributed by atoms with Crippen LogP contribution in [0, 0.1) is 5.95 Å². The number of hydrogen-bond donors (Lipinski definition) is 2. The van der Waals surface area contributed by atoms with Gasteiger partial charge in [-0.1, -0.05) is 6.07 Å². The lowest BCUT2D eigenvalue weighted by Crippen LogP contribution is -2.28. The van der Waals surface area contributed by atoms with Crippen molar-refractivity contribution in [3.63, 3.8) is 0 Å². The first-order valence-electron chi connectivity index (χ1n) is 4.47. The monoisotopic (exact) mass is 237 g/mol. The fourth-order valence-electron chi connectivity index (χ4n) is 1.05. The first-order valence-corrected chi connectivity index (χ1v) is 5.35. The highest BCUT2D eigenvalue weighted by atomic mass is 32.1. The Morgan fingerprint density at radius 2 is 2.25 bits per heavy atom. The standard InChI is InChI=1S/C10H8FN3OS/c11-9-4-3-7(6-12-9)13-14-10(15)8-2-1-5-16-8/h1-6,13H,(H,14,15). The number of hydrazine groups is 1. The van der Waals surface area contributed by atoms with Crippen molar-refractivity contribution in [3.05, 3.63) is 46.7 Å². The number of carbonyl (C=O) groups is 1. The second-order valence-corrected chi connectivity index (χ2v) is 3.87. The van der Waals surface area contributed by atoms with Crippen LogP contribution in [0.4, 0.5) is 10.1 Å². The third-order valence-corrected chi connectivity index (χ3v) is 2.66. The summed E-state index contributed by atoms with van der Waals surface area (Å²) in [5, 5.41) is 1.81. The van der Waals surface area contributed by atoms with E-state index in [4.69, 9.17) is 0 Å². The van der Waals surface area contributed by atoms with Crippen LogP contribution in [0.15, 0.2) is 35.8 Å². The van der Waals surface area contributed by atoms with Crippen molar-refractivity contribution in [2.24, 2.45) is 0 Å². The Kier molecular flexibility index (Phi) is 3.11. The predicted molar refractivity (Wildman–Crippen MR) is 59.6 cm³/mol. The molecule has 2 heterocycles. The molecular weight excluding hydrogens is 229 g/mol. The lowest BCUT2D eigenvalue weighted by Gasteiger charge is -2.06. The van der Waals surface area contributed by atoms with E-state index in [9.17, 15) is 9.18 Å². The highest BCUT2D eigenvalue weighted by Crippen LogP contribution is 2.08. The summed E-state index contributed by atoms with van der Waals surface area (Å²) in [6.45, 7) is 0. The minimum Gasteiger partial charge on any atom is -0.297 e. The number of rotatable bonds is 3. The van der Waals surface area contributed by atoms with Gasteiger partial charge in [-0.05, 0) is 23.6 Å². The summed E-state index contributed by atoms with van der Waals surface area (Å²) in [6, 6.07) is 6.19. The normalized spacial score (nSPS) is 9.81. The predicted octanol–water partition coefficient (Wildman–Crippen LogP) is 2.04. The van der Waals surface area contributed by atoms with Gasteiger partial charge in [0, 0.05) is 0 Å². The van der Waals surface area contributed by atoms with Crippen molar-refractivity contribution < 1.29 is 9.18 Å². The second kappa shape index (κ2) is 4.71. The fraction of sp³-hybridized carbons (Fsp3) is 0. The molecule has 0 radical (unpaired) electrons. The van der Waals surface area contributed by atoms with E-state index in [1.807, 2.05) is 5.38 Å². The van der Waals surface area contributed by atoms with Crippen LogP contribution in [-0.4, -0.2) is 10.9 Å². The van der Waals surface area contributed by atoms with Gasteiger partial charge in [-0.15, -0.1) is 11.3 Å². The maximum atomic E-state index is 12.5. The summed E-state index contributed by atoms with van der Waals surface area (Å²) in [5.41, 5.74) is 5.64. The lowest BCUT2D eigenvalue weighted by molar-refractivity contribution is 0.0966. The Bertz CT molecular complexity index is 469. The quantitative estimate of drug-likeness (QED) is 0.634. The van der Waals surface area contributed by atoms with Gasteiger partial charge in [0.25, 0.3) is 5.91 Å². The van der Waals surface area contributed by atoms with Crippen LogP contribution in [0.1, 0.15) is 9.67 Å². The number of anilines is 1. The first-order chi connectivity index (χ1) is 7.75. The molecule has 0 saturated heterocycles. The van der Waals surface area contributed by atoms with Gasteiger partial charge in [0.1, 0.15) is 0 Å². The molecule has 16 heavy (non-hydrogen) atoms. The minimum atomic E-state index is -0.560. The van der Waals surface area contributed by atoms with E-state index in [1.165, 1.54) is 29.7 Å². The molecule has 0 aliphatic rings. The van der Waals surface area contributed by atoms with Crippen LogP contribution >= 0.6 is 11.3 Å². The van der Waals surface area contributed by atoms with Gasteiger partial charge in [-0.25, -0.2) is 4.98 Å². The lowest BCUT2D eigenvalue weighted by atomic mass is 10.4. The Morgan fingerprint density at radius 3 is 2.88 bits per heavy atom. The molecule has 0 fully saturated rings. The average molecular weight is 237 g/mol. The third kappa shape index (κ3) is 2.54. The van der Waals surface area contributed by atoms with E-state index in [0.29, 0.717) is 10.6 Å². The van der Waals surface area contributed by atoms with E-state index in [2.05, 4.69) is 15.8 Å². The number of nitrogens with zero attached hydrogens (tertiary/aromatic N) is 1. The molecule has 0 saturated carbocycles. The van der Waals surface area contributed by atoms with Crippen LogP contribution in [0.25, 0.3) is 0 Å². The fourth-order valence-corrected chi connectivity index (χ4v) is 1.67. The van der Waals surface area contributed by atoms with Gasteiger partial charge in [0.15, 0.2) is 0 Å². The van der Waals surface area contributed by atoms with Gasteiger partial charge < -0.3 is 0 Å². The molecule has 4 nitrogen and oxygen atoms in total. The van der Waals surface area contributed by atoms with E-state index < -0.39 is 5.95 Å². The smallest absolute Gasteiger partial charge is 0.279 e. The molecule has 0 aliphatic carbocycles. The van der Waals surface area contributed by atoms with Gasteiger partial charge in [0.2, 0.25) is 5.95 Å². The first kappa shape index (κ1) is 10.6. The molecule has 6 heteroatoms. The molecule has 0 spiro atoms. The van der Waals surface area contributed by atoms with Crippen molar-refractivity contribution in [2.75, 3.05) is 5.43 Å². The maximum Gasteiger partial charge on any atom is 0.279 e. The molecule has 0 aliphatic heterocycles. The highest BCUT2D eigenvalue weighted by molar-refractivity contribution is 7.12. The molecule has 1 amide bonds. The van der Waals surface area contributed by atoms with Crippen molar-refractivity contribution in [1.82, 2.24) is 10.4 Å². The Balaban J connectivity index is 1.93. The summed E-state index contributed by atoms with van der Waals surface area (Å²) in [7, 11) is 0.